The fraction of sp³-hybridized carbons (Fsp3) is 0.409. The lowest BCUT2D eigenvalue weighted by molar-refractivity contribution is 0.208. The highest BCUT2D eigenvalue weighted by Gasteiger charge is 2.19. The molecule has 146 valence electrons. The van der Waals surface area contributed by atoms with Crippen LogP contribution < -0.4 is 14.2 Å². The molecule has 0 saturated carbocycles. The molecule has 0 fully saturated rings. The zero-order valence-corrected chi connectivity index (χ0v) is 16.8. The molecular formula is C22H29NO4. The highest BCUT2D eigenvalue weighted by molar-refractivity contribution is 5.84. The summed E-state index contributed by atoms with van der Waals surface area (Å²) in [7, 11) is 1.57. The number of oxime groups is 1. The van der Waals surface area contributed by atoms with Crippen LogP contribution in [0.5, 0.6) is 17.2 Å². The third kappa shape index (κ3) is 5.39. The normalized spacial score (nSPS) is 11.6. The van der Waals surface area contributed by atoms with E-state index in [2.05, 4.69) is 45.0 Å². The van der Waals surface area contributed by atoms with Crippen molar-refractivity contribution >= 4 is 6.21 Å². The molecule has 0 bridgehead atoms. The van der Waals surface area contributed by atoms with Crippen LogP contribution in [0.4, 0.5) is 0 Å². The van der Waals surface area contributed by atoms with Crippen molar-refractivity contribution < 1.29 is 19.4 Å². The van der Waals surface area contributed by atoms with E-state index < -0.39 is 0 Å². The summed E-state index contributed by atoms with van der Waals surface area (Å²) < 4.78 is 17.2. The Morgan fingerprint density at radius 2 is 1.78 bits per heavy atom. The van der Waals surface area contributed by atoms with E-state index in [1.807, 2.05) is 12.1 Å². The number of rotatable bonds is 8. The average molecular weight is 371 g/mol. The van der Waals surface area contributed by atoms with E-state index >= 15 is 0 Å². The zero-order chi connectivity index (χ0) is 19.9. The van der Waals surface area contributed by atoms with Crippen molar-refractivity contribution in [1.82, 2.24) is 0 Å². The van der Waals surface area contributed by atoms with Crippen LogP contribution in [0.2, 0.25) is 0 Å². The average Bonchev–Trinajstić information content (AvgIpc) is 2.65. The Morgan fingerprint density at radius 1 is 1.04 bits per heavy atom. The van der Waals surface area contributed by atoms with E-state index in [4.69, 9.17) is 19.4 Å². The minimum atomic E-state index is -0.00518. The summed E-state index contributed by atoms with van der Waals surface area (Å²) in [5.74, 6) is 1.98. The molecule has 2 aromatic carbocycles. The number of benzene rings is 2. The van der Waals surface area contributed by atoms with Gasteiger partial charge in [0.25, 0.3) is 0 Å². The van der Waals surface area contributed by atoms with Gasteiger partial charge in [-0.3, -0.25) is 0 Å². The number of nitrogens with zero attached hydrogens (tertiary/aromatic N) is 1. The summed E-state index contributed by atoms with van der Waals surface area (Å²) in [6, 6.07) is 11.7. The quantitative estimate of drug-likeness (QED) is 0.313. The molecule has 5 heteroatoms. The lowest BCUT2D eigenvalue weighted by atomic mass is 9.85. The minimum absolute atomic E-state index is 0.00518. The first-order chi connectivity index (χ1) is 12.9. The number of hydrogen-bond acceptors (Lipinski definition) is 5. The van der Waals surface area contributed by atoms with Gasteiger partial charge < -0.3 is 19.4 Å². The maximum Gasteiger partial charge on any atom is 0.170 e. The van der Waals surface area contributed by atoms with Crippen molar-refractivity contribution in [3.05, 3.63) is 53.1 Å². The van der Waals surface area contributed by atoms with Crippen LogP contribution in [-0.4, -0.2) is 31.7 Å². The zero-order valence-electron chi connectivity index (χ0n) is 16.8. The Hall–Kier alpha value is -2.69. The molecule has 2 aromatic rings. The summed E-state index contributed by atoms with van der Waals surface area (Å²) in [5.41, 5.74) is 3.12. The molecule has 0 aliphatic heterocycles. The number of methoxy groups -OCH3 is 1. The second-order valence-electron chi connectivity index (χ2n) is 7.25. The van der Waals surface area contributed by atoms with Gasteiger partial charge in [0.15, 0.2) is 11.5 Å². The molecule has 2 rings (SSSR count). The molecule has 27 heavy (non-hydrogen) atoms. The Kier molecular flexibility index (Phi) is 7.11. The lowest BCUT2D eigenvalue weighted by Crippen LogP contribution is -2.16. The largest absolute Gasteiger partial charge is 0.493 e. The second-order valence-corrected chi connectivity index (χ2v) is 7.25. The van der Waals surface area contributed by atoms with Gasteiger partial charge in [-0.25, -0.2) is 0 Å². The van der Waals surface area contributed by atoms with Gasteiger partial charge in [-0.15, -0.1) is 0 Å². The first-order valence-corrected chi connectivity index (χ1v) is 9.14. The lowest BCUT2D eigenvalue weighted by Gasteiger charge is -2.24. The van der Waals surface area contributed by atoms with Crippen molar-refractivity contribution in [3.8, 4) is 17.2 Å². The van der Waals surface area contributed by atoms with Crippen LogP contribution in [0.3, 0.4) is 0 Å². The van der Waals surface area contributed by atoms with Gasteiger partial charge in [0.1, 0.15) is 19.0 Å². The van der Waals surface area contributed by atoms with E-state index in [-0.39, 0.29) is 5.41 Å². The summed E-state index contributed by atoms with van der Waals surface area (Å²) >= 11 is 0. The number of para-hydroxylation sites is 1. The molecule has 1 N–H and O–H groups in total. The monoisotopic (exact) mass is 371 g/mol. The van der Waals surface area contributed by atoms with E-state index in [1.165, 1.54) is 17.3 Å². The molecule has 0 radical (unpaired) electrons. The Bertz CT molecular complexity index is 778. The van der Waals surface area contributed by atoms with Crippen LogP contribution >= 0.6 is 0 Å². The highest BCUT2D eigenvalue weighted by atomic mass is 16.5. The topological polar surface area (TPSA) is 60.3 Å². The SMILES string of the molecule is CCc1ccc(OCCOc2c(C=NO)cccc2OC)c(C(C)(C)C)c1. The summed E-state index contributed by atoms with van der Waals surface area (Å²) in [5, 5.41) is 11.9. The van der Waals surface area contributed by atoms with Gasteiger partial charge in [-0.1, -0.05) is 51.0 Å². The highest BCUT2D eigenvalue weighted by Crippen LogP contribution is 2.33. The molecule has 5 nitrogen and oxygen atoms in total. The van der Waals surface area contributed by atoms with E-state index in [0.29, 0.717) is 30.3 Å². The van der Waals surface area contributed by atoms with Crippen LogP contribution in [0.15, 0.2) is 41.6 Å². The fourth-order valence-corrected chi connectivity index (χ4v) is 2.82. The number of ether oxygens (including phenoxy) is 3. The van der Waals surface area contributed by atoms with Crippen LogP contribution in [0.1, 0.15) is 44.4 Å². The molecule has 0 aliphatic carbocycles. The number of aryl methyl sites for hydroxylation is 1. The van der Waals surface area contributed by atoms with Crippen molar-refractivity contribution in [2.75, 3.05) is 20.3 Å². The number of hydrogen-bond donors (Lipinski definition) is 1. The fourth-order valence-electron chi connectivity index (χ4n) is 2.82. The van der Waals surface area contributed by atoms with Crippen molar-refractivity contribution in [3.63, 3.8) is 0 Å². The molecule has 0 unspecified atom stereocenters. The minimum Gasteiger partial charge on any atom is -0.493 e. The third-order valence-electron chi connectivity index (χ3n) is 4.27. The summed E-state index contributed by atoms with van der Waals surface area (Å²) in [4.78, 5) is 0. The van der Waals surface area contributed by atoms with Crippen molar-refractivity contribution in [2.45, 2.75) is 39.5 Å². The predicted octanol–water partition coefficient (Wildman–Crippen LogP) is 4.82. The maximum atomic E-state index is 8.83. The van der Waals surface area contributed by atoms with E-state index in [9.17, 15) is 0 Å². The Balaban J connectivity index is 2.08. The van der Waals surface area contributed by atoms with E-state index in [0.717, 1.165) is 12.2 Å². The van der Waals surface area contributed by atoms with Gasteiger partial charge in [0.2, 0.25) is 0 Å². The van der Waals surface area contributed by atoms with Gasteiger partial charge in [-0.05, 0) is 41.2 Å². The maximum absolute atomic E-state index is 8.83. The molecule has 0 aliphatic rings. The molecular weight excluding hydrogens is 342 g/mol. The molecule has 0 spiro atoms. The Labute approximate surface area is 161 Å². The Morgan fingerprint density at radius 3 is 2.41 bits per heavy atom. The first-order valence-electron chi connectivity index (χ1n) is 9.14. The summed E-state index contributed by atoms with van der Waals surface area (Å²) in [6.45, 7) is 9.42. The third-order valence-corrected chi connectivity index (χ3v) is 4.27. The van der Waals surface area contributed by atoms with Gasteiger partial charge in [-0.2, -0.15) is 0 Å². The van der Waals surface area contributed by atoms with Crippen molar-refractivity contribution in [2.24, 2.45) is 5.16 Å². The van der Waals surface area contributed by atoms with Crippen molar-refractivity contribution in [1.29, 1.82) is 0 Å². The van der Waals surface area contributed by atoms with Gasteiger partial charge in [0.05, 0.1) is 13.3 Å². The van der Waals surface area contributed by atoms with E-state index in [1.54, 1.807) is 19.2 Å². The second kappa shape index (κ2) is 9.31. The molecule has 0 heterocycles. The van der Waals surface area contributed by atoms with Gasteiger partial charge >= 0.3 is 0 Å². The van der Waals surface area contributed by atoms with Crippen LogP contribution in [-0.2, 0) is 11.8 Å². The molecule has 0 saturated heterocycles. The van der Waals surface area contributed by atoms with Crippen LogP contribution in [0.25, 0.3) is 0 Å². The predicted molar refractivity (Wildman–Crippen MR) is 108 cm³/mol. The smallest absolute Gasteiger partial charge is 0.170 e. The molecule has 0 aromatic heterocycles. The standard InChI is InChI=1S/C22H29NO4/c1-6-16-10-11-19(18(14-16)22(2,3)4)26-12-13-27-21-17(15-23-24)8-7-9-20(21)25-5/h7-11,14-15,24H,6,12-13H2,1-5H3. The van der Waals surface area contributed by atoms with Gasteiger partial charge in [0, 0.05) is 5.56 Å². The molecule has 0 amide bonds. The first kappa shape index (κ1) is 20.6. The molecule has 0 atom stereocenters. The summed E-state index contributed by atoms with van der Waals surface area (Å²) in [6.07, 6.45) is 2.31. The van der Waals surface area contributed by atoms with Crippen LogP contribution in [0, 0.1) is 0 Å².